The molecule has 1 aromatic carbocycles. The zero-order valence-electron chi connectivity index (χ0n) is 13.0. The molecule has 3 atom stereocenters. The van der Waals surface area contributed by atoms with Crippen LogP contribution in [0.25, 0.3) is 0 Å². The Morgan fingerprint density at radius 2 is 1.65 bits per heavy atom. The highest BCUT2D eigenvalue weighted by molar-refractivity contribution is 5.85. The van der Waals surface area contributed by atoms with Crippen molar-refractivity contribution >= 4 is 12.4 Å². The van der Waals surface area contributed by atoms with Crippen LogP contribution in [0.1, 0.15) is 24.7 Å². The predicted octanol–water partition coefficient (Wildman–Crippen LogP) is 0.670. The molecule has 0 aliphatic heterocycles. The van der Waals surface area contributed by atoms with E-state index in [-0.39, 0.29) is 25.4 Å². The lowest BCUT2D eigenvalue weighted by Crippen LogP contribution is -2.53. The summed E-state index contributed by atoms with van der Waals surface area (Å²) in [4.78, 5) is 8.20. The molecule has 0 aliphatic carbocycles. The second-order valence-corrected chi connectivity index (χ2v) is 5.76. The van der Waals surface area contributed by atoms with Crippen molar-refractivity contribution in [2.24, 2.45) is 11.5 Å². The molecule has 3 unspecified atom stereocenters. The van der Waals surface area contributed by atoms with Gasteiger partial charge in [-0.05, 0) is 25.0 Å². The maximum absolute atomic E-state index is 10.6. The summed E-state index contributed by atoms with van der Waals surface area (Å²) in [6, 6.07) is 10.8. The number of halogens is 1. The van der Waals surface area contributed by atoms with Crippen LogP contribution in [-0.4, -0.2) is 32.9 Å². The van der Waals surface area contributed by atoms with E-state index in [1.165, 1.54) is 0 Å². The third kappa shape index (κ3) is 4.25. The van der Waals surface area contributed by atoms with Gasteiger partial charge in [-0.2, -0.15) is 0 Å². The van der Waals surface area contributed by atoms with Crippen LogP contribution < -0.4 is 11.5 Å². The molecule has 7 heteroatoms. The van der Waals surface area contributed by atoms with Crippen molar-refractivity contribution in [1.29, 1.82) is 0 Å². The van der Waals surface area contributed by atoms with Gasteiger partial charge in [0.05, 0.1) is 23.8 Å². The number of aliphatic hydroxyl groups is 2. The van der Waals surface area contributed by atoms with E-state index in [1.807, 2.05) is 30.3 Å². The summed E-state index contributed by atoms with van der Waals surface area (Å²) in [6.45, 7) is 1.34. The predicted molar refractivity (Wildman–Crippen MR) is 90.8 cm³/mol. The van der Waals surface area contributed by atoms with Crippen molar-refractivity contribution in [2.75, 3.05) is 6.61 Å². The smallest absolute Gasteiger partial charge is 0.150 e. The van der Waals surface area contributed by atoms with E-state index in [0.717, 1.165) is 5.56 Å². The molecule has 0 saturated heterocycles. The normalized spacial score (nSPS) is 17.4. The zero-order valence-corrected chi connectivity index (χ0v) is 13.8. The van der Waals surface area contributed by atoms with Gasteiger partial charge in [-0.1, -0.05) is 30.3 Å². The monoisotopic (exact) mass is 338 g/mol. The molecule has 0 saturated carbocycles. The molecule has 0 radical (unpaired) electrons. The van der Waals surface area contributed by atoms with E-state index in [0.29, 0.717) is 5.82 Å². The minimum absolute atomic E-state index is 0. The van der Waals surface area contributed by atoms with Gasteiger partial charge >= 0.3 is 0 Å². The second kappa shape index (κ2) is 7.81. The van der Waals surface area contributed by atoms with Crippen LogP contribution in [-0.2, 0) is 11.1 Å². The van der Waals surface area contributed by atoms with Crippen LogP contribution in [0.2, 0.25) is 0 Å². The summed E-state index contributed by atoms with van der Waals surface area (Å²) in [5.41, 5.74) is 11.0. The first-order valence-corrected chi connectivity index (χ1v) is 7.10. The number of hydrogen-bond donors (Lipinski definition) is 4. The lowest BCUT2D eigenvalue weighted by Gasteiger charge is -2.36. The number of benzene rings is 1. The quantitative estimate of drug-likeness (QED) is 0.614. The Morgan fingerprint density at radius 1 is 1.09 bits per heavy atom. The highest BCUT2D eigenvalue weighted by Gasteiger charge is 2.39. The van der Waals surface area contributed by atoms with Gasteiger partial charge in [0, 0.05) is 12.4 Å². The van der Waals surface area contributed by atoms with Crippen LogP contribution in [0.5, 0.6) is 0 Å². The molecule has 0 fully saturated rings. The maximum atomic E-state index is 10.6. The lowest BCUT2D eigenvalue weighted by atomic mass is 9.80. The largest absolute Gasteiger partial charge is 0.394 e. The first kappa shape index (κ1) is 19.5. The van der Waals surface area contributed by atoms with Gasteiger partial charge in [-0.15, -0.1) is 12.4 Å². The van der Waals surface area contributed by atoms with Crippen LogP contribution in [0.3, 0.4) is 0 Å². The molecule has 1 heterocycles. The van der Waals surface area contributed by atoms with Gasteiger partial charge in [-0.25, -0.2) is 9.97 Å². The average Bonchev–Trinajstić information content (AvgIpc) is 2.56. The number of nitrogens with two attached hydrogens (primary N) is 2. The van der Waals surface area contributed by atoms with E-state index in [9.17, 15) is 10.2 Å². The van der Waals surface area contributed by atoms with Crippen molar-refractivity contribution in [3.63, 3.8) is 0 Å². The van der Waals surface area contributed by atoms with Crippen molar-refractivity contribution in [1.82, 2.24) is 9.97 Å². The molecule has 0 bridgehead atoms. The number of rotatable bonds is 6. The fourth-order valence-electron chi connectivity index (χ4n) is 2.33. The Hall–Kier alpha value is -1.57. The van der Waals surface area contributed by atoms with E-state index >= 15 is 0 Å². The van der Waals surface area contributed by atoms with Crippen LogP contribution in [0.15, 0.2) is 48.8 Å². The Labute approximate surface area is 142 Å². The van der Waals surface area contributed by atoms with Crippen molar-refractivity contribution in [3.8, 4) is 0 Å². The number of hydrogen-bond acceptors (Lipinski definition) is 6. The van der Waals surface area contributed by atoms with E-state index < -0.39 is 17.2 Å². The van der Waals surface area contributed by atoms with E-state index in [4.69, 9.17) is 11.5 Å². The summed E-state index contributed by atoms with van der Waals surface area (Å²) in [6.07, 6.45) is 2.20. The molecular formula is C16H23ClN4O2. The van der Waals surface area contributed by atoms with Gasteiger partial charge in [0.1, 0.15) is 5.82 Å². The lowest BCUT2D eigenvalue weighted by molar-refractivity contribution is 0.0410. The standard InChI is InChI=1S/C16H22N4O2.ClH/c1-15(17,14-19-8-5-9-20-14)13(22)10-16(18,11-21)12-6-3-2-4-7-12;/h2-9,13,21-22H,10-11,17-18H2,1H3;1H. The Kier molecular flexibility index (Phi) is 6.61. The number of nitrogens with zero attached hydrogens (tertiary/aromatic N) is 2. The summed E-state index contributed by atoms with van der Waals surface area (Å²) < 4.78 is 0. The van der Waals surface area contributed by atoms with Crippen molar-refractivity contribution in [2.45, 2.75) is 30.5 Å². The average molecular weight is 339 g/mol. The topological polar surface area (TPSA) is 118 Å². The molecule has 2 aromatic rings. The number of aliphatic hydroxyl groups excluding tert-OH is 2. The van der Waals surface area contributed by atoms with Crippen molar-refractivity contribution in [3.05, 3.63) is 60.2 Å². The zero-order chi connectivity index (χ0) is 16.2. The van der Waals surface area contributed by atoms with Gasteiger partial charge in [-0.3, -0.25) is 0 Å². The molecule has 1 aromatic heterocycles. The van der Waals surface area contributed by atoms with E-state index in [2.05, 4.69) is 9.97 Å². The van der Waals surface area contributed by atoms with Gasteiger partial charge in [0.15, 0.2) is 0 Å². The molecule has 0 spiro atoms. The van der Waals surface area contributed by atoms with Crippen LogP contribution >= 0.6 is 12.4 Å². The Balaban J connectivity index is 0.00000264. The third-order valence-corrected chi connectivity index (χ3v) is 3.93. The molecule has 2 rings (SSSR count). The summed E-state index contributed by atoms with van der Waals surface area (Å²) in [5, 5.41) is 20.3. The first-order valence-electron chi connectivity index (χ1n) is 7.10. The Bertz CT molecular complexity index is 598. The first-order chi connectivity index (χ1) is 10.4. The minimum Gasteiger partial charge on any atom is -0.394 e. The number of aromatic nitrogens is 2. The molecular weight excluding hydrogens is 316 g/mol. The van der Waals surface area contributed by atoms with Crippen LogP contribution in [0, 0.1) is 0 Å². The molecule has 126 valence electrons. The molecule has 0 amide bonds. The molecule has 6 N–H and O–H groups in total. The summed E-state index contributed by atoms with van der Waals surface area (Å²) in [7, 11) is 0. The summed E-state index contributed by atoms with van der Waals surface area (Å²) in [5.74, 6) is 0.329. The fraction of sp³-hybridized carbons (Fsp3) is 0.375. The van der Waals surface area contributed by atoms with Gasteiger partial charge in [0.2, 0.25) is 0 Å². The fourth-order valence-corrected chi connectivity index (χ4v) is 2.33. The van der Waals surface area contributed by atoms with E-state index in [1.54, 1.807) is 25.4 Å². The summed E-state index contributed by atoms with van der Waals surface area (Å²) >= 11 is 0. The van der Waals surface area contributed by atoms with Crippen LogP contribution in [0.4, 0.5) is 0 Å². The molecule has 0 aliphatic rings. The minimum atomic E-state index is -1.17. The molecule has 23 heavy (non-hydrogen) atoms. The SMILES string of the molecule is CC(N)(c1ncccn1)C(O)CC(N)(CO)c1ccccc1.Cl. The van der Waals surface area contributed by atoms with Gasteiger partial charge < -0.3 is 21.7 Å². The maximum Gasteiger partial charge on any atom is 0.150 e. The van der Waals surface area contributed by atoms with Gasteiger partial charge in [0.25, 0.3) is 0 Å². The van der Waals surface area contributed by atoms with Crippen molar-refractivity contribution < 1.29 is 10.2 Å². The third-order valence-electron chi connectivity index (χ3n) is 3.93. The highest BCUT2D eigenvalue weighted by Crippen LogP contribution is 2.29. The second-order valence-electron chi connectivity index (χ2n) is 5.76. The highest BCUT2D eigenvalue weighted by atomic mass is 35.5. The molecule has 6 nitrogen and oxygen atoms in total. The Morgan fingerprint density at radius 3 is 2.17 bits per heavy atom.